The van der Waals surface area contributed by atoms with Crippen LogP contribution in [0.5, 0.6) is 5.75 Å². The van der Waals surface area contributed by atoms with E-state index in [4.69, 9.17) is 16.3 Å². The van der Waals surface area contributed by atoms with Crippen molar-refractivity contribution < 1.29 is 14.6 Å². The molecule has 4 aliphatic rings. The molecule has 0 saturated heterocycles. The maximum absolute atomic E-state index is 11.8. The molecule has 0 unspecified atom stereocenters. The van der Waals surface area contributed by atoms with Crippen molar-refractivity contribution in [3.05, 3.63) is 58.1 Å². The summed E-state index contributed by atoms with van der Waals surface area (Å²) in [7, 11) is 1.34. The van der Waals surface area contributed by atoms with E-state index < -0.39 is 5.97 Å². The highest BCUT2D eigenvalue weighted by atomic mass is 35.5. The van der Waals surface area contributed by atoms with E-state index in [9.17, 15) is 9.90 Å². The quantitative estimate of drug-likeness (QED) is 0.481. The van der Waals surface area contributed by atoms with E-state index in [1.165, 1.54) is 51.2 Å². The molecule has 0 spiro atoms. The first-order chi connectivity index (χ1) is 14.5. The van der Waals surface area contributed by atoms with E-state index in [0.717, 1.165) is 17.8 Å². The maximum atomic E-state index is 11.8. The topological polar surface area (TPSA) is 58.9 Å². The Hall–Kier alpha value is -2.33. The molecule has 4 bridgehead atoms. The lowest BCUT2D eigenvalue weighted by atomic mass is 9.48. The second-order valence-electron chi connectivity index (χ2n) is 9.39. The Morgan fingerprint density at radius 2 is 1.77 bits per heavy atom. The molecule has 0 aliphatic heterocycles. The second kappa shape index (κ2) is 7.42. The van der Waals surface area contributed by atoms with E-state index in [2.05, 4.69) is 17.1 Å². The van der Waals surface area contributed by atoms with Crippen LogP contribution < -0.4 is 0 Å². The highest BCUT2D eigenvalue weighted by molar-refractivity contribution is 6.33. The van der Waals surface area contributed by atoms with Crippen LogP contribution in [0, 0.1) is 17.8 Å². The Morgan fingerprint density at radius 3 is 2.40 bits per heavy atom. The van der Waals surface area contributed by atoms with Gasteiger partial charge in [0.25, 0.3) is 0 Å². The maximum Gasteiger partial charge on any atom is 0.337 e. The zero-order valence-corrected chi connectivity index (χ0v) is 17.9. The lowest BCUT2D eigenvalue weighted by Gasteiger charge is -2.57. The van der Waals surface area contributed by atoms with E-state index in [-0.39, 0.29) is 11.2 Å². The van der Waals surface area contributed by atoms with Gasteiger partial charge in [-0.1, -0.05) is 17.7 Å². The second-order valence-corrected chi connectivity index (χ2v) is 9.79. The number of esters is 1. The molecule has 0 radical (unpaired) electrons. The molecule has 2 aromatic rings. The average molecular weight is 424 g/mol. The minimum absolute atomic E-state index is 0.201. The van der Waals surface area contributed by atoms with Gasteiger partial charge >= 0.3 is 5.97 Å². The van der Waals surface area contributed by atoms with Gasteiger partial charge in [0.15, 0.2) is 0 Å². The number of carbonyl (C=O) groups is 1. The molecular weight excluding hydrogens is 398 g/mol. The number of benzene rings is 2. The molecule has 0 heterocycles. The third-order valence-electron chi connectivity index (χ3n) is 7.39. The Bertz CT molecular complexity index is 994. The fraction of sp³-hybridized carbons (Fsp3) is 0.440. The van der Waals surface area contributed by atoms with Gasteiger partial charge in [-0.25, -0.2) is 4.79 Å². The van der Waals surface area contributed by atoms with Gasteiger partial charge in [0.05, 0.1) is 23.4 Å². The zero-order chi connectivity index (χ0) is 20.9. The highest BCUT2D eigenvalue weighted by Gasteiger charge is 2.51. The summed E-state index contributed by atoms with van der Waals surface area (Å²) < 4.78 is 4.77. The molecule has 156 valence electrons. The zero-order valence-electron chi connectivity index (χ0n) is 17.1. The molecule has 0 atom stereocenters. The van der Waals surface area contributed by atoms with Crippen molar-refractivity contribution in [2.24, 2.45) is 22.7 Å². The van der Waals surface area contributed by atoms with Crippen molar-refractivity contribution in [1.29, 1.82) is 0 Å². The number of aliphatic imine (C=N–C) groups is 1. The van der Waals surface area contributed by atoms with Crippen molar-refractivity contribution in [2.75, 3.05) is 7.11 Å². The Morgan fingerprint density at radius 1 is 1.10 bits per heavy atom. The standard InChI is InChI=1S/C25H26ClNO3/c1-30-24(29)18-2-4-21(26)22(10-18)27-14-19-9-20(3-5-23(19)28)25-11-15-6-16(12-25)8-17(7-15)13-25/h2-5,9-10,14-17,28H,6-8,11-13H2,1H3. The lowest BCUT2D eigenvalue weighted by molar-refractivity contribution is -0.00520. The Labute approximate surface area is 181 Å². The predicted molar refractivity (Wildman–Crippen MR) is 118 cm³/mol. The summed E-state index contributed by atoms with van der Waals surface area (Å²) in [5, 5.41) is 10.9. The predicted octanol–water partition coefficient (Wildman–Crippen LogP) is 6.05. The summed E-state index contributed by atoms with van der Waals surface area (Å²) in [6.45, 7) is 0. The summed E-state index contributed by atoms with van der Waals surface area (Å²) >= 11 is 6.26. The first kappa shape index (κ1) is 19.6. The number of nitrogens with zero attached hydrogens (tertiary/aromatic N) is 1. The number of hydrogen-bond acceptors (Lipinski definition) is 4. The normalized spacial score (nSPS) is 29.5. The summed E-state index contributed by atoms with van der Waals surface area (Å²) in [4.78, 5) is 16.3. The van der Waals surface area contributed by atoms with Gasteiger partial charge in [-0.15, -0.1) is 0 Å². The molecule has 4 saturated carbocycles. The van der Waals surface area contributed by atoms with E-state index >= 15 is 0 Å². The fourth-order valence-corrected chi connectivity index (χ4v) is 6.61. The van der Waals surface area contributed by atoms with Crippen LogP contribution in [-0.4, -0.2) is 24.4 Å². The number of aromatic hydroxyl groups is 1. The Kier molecular flexibility index (Phi) is 4.85. The number of methoxy groups -OCH3 is 1. The van der Waals surface area contributed by atoms with Crippen molar-refractivity contribution in [3.8, 4) is 5.75 Å². The molecule has 4 fully saturated rings. The van der Waals surface area contributed by atoms with E-state index in [0.29, 0.717) is 21.8 Å². The summed E-state index contributed by atoms with van der Waals surface area (Å²) in [6, 6.07) is 10.8. The molecule has 4 aliphatic carbocycles. The SMILES string of the molecule is COC(=O)c1ccc(Cl)c(N=Cc2cc(C34CC5CC(CC(C5)C3)C4)ccc2O)c1. The number of halogens is 1. The highest BCUT2D eigenvalue weighted by Crippen LogP contribution is 2.60. The third kappa shape index (κ3) is 3.41. The number of hydrogen-bond donors (Lipinski definition) is 1. The average Bonchev–Trinajstić information content (AvgIpc) is 2.72. The molecule has 0 aromatic heterocycles. The molecule has 5 heteroatoms. The first-order valence-electron chi connectivity index (χ1n) is 10.7. The van der Waals surface area contributed by atoms with Crippen LogP contribution in [0.3, 0.4) is 0 Å². The van der Waals surface area contributed by atoms with E-state index in [1.54, 1.807) is 30.5 Å². The van der Waals surface area contributed by atoms with Crippen LogP contribution in [-0.2, 0) is 10.2 Å². The molecule has 0 amide bonds. The van der Waals surface area contributed by atoms with Crippen LogP contribution in [0.2, 0.25) is 5.02 Å². The van der Waals surface area contributed by atoms with Gasteiger partial charge in [-0.2, -0.15) is 0 Å². The number of carbonyl (C=O) groups excluding carboxylic acids is 1. The fourth-order valence-electron chi connectivity index (χ4n) is 6.45. The van der Waals surface area contributed by atoms with Crippen LogP contribution in [0.1, 0.15) is 60.0 Å². The van der Waals surface area contributed by atoms with Gasteiger partial charge in [0.1, 0.15) is 5.75 Å². The molecule has 4 nitrogen and oxygen atoms in total. The van der Waals surface area contributed by atoms with Crippen molar-refractivity contribution in [1.82, 2.24) is 0 Å². The van der Waals surface area contributed by atoms with Crippen molar-refractivity contribution >= 4 is 29.5 Å². The number of phenols is 1. The van der Waals surface area contributed by atoms with Crippen LogP contribution >= 0.6 is 11.6 Å². The molecule has 30 heavy (non-hydrogen) atoms. The van der Waals surface area contributed by atoms with Crippen LogP contribution in [0.4, 0.5) is 5.69 Å². The van der Waals surface area contributed by atoms with Gasteiger partial charge in [-0.3, -0.25) is 4.99 Å². The van der Waals surface area contributed by atoms with Gasteiger partial charge in [-0.05, 0) is 97.6 Å². The molecular formula is C25H26ClNO3. The van der Waals surface area contributed by atoms with Gasteiger partial charge in [0.2, 0.25) is 0 Å². The van der Waals surface area contributed by atoms with Crippen molar-refractivity contribution in [3.63, 3.8) is 0 Å². The van der Waals surface area contributed by atoms with Crippen molar-refractivity contribution in [2.45, 2.75) is 43.9 Å². The number of ether oxygens (including phenoxy) is 1. The van der Waals surface area contributed by atoms with Gasteiger partial charge < -0.3 is 9.84 Å². The molecule has 1 N–H and O–H groups in total. The third-order valence-corrected chi connectivity index (χ3v) is 7.71. The molecule has 2 aromatic carbocycles. The smallest absolute Gasteiger partial charge is 0.337 e. The minimum atomic E-state index is -0.435. The summed E-state index contributed by atoms with van der Waals surface area (Å²) in [5.41, 5.74) is 3.13. The van der Waals surface area contributed by atoms with Crippen LogP contribution in [0.15, 0.2) is 41.4 Å². The monoisotopic (exact) mass is 423 g/mol. The number of rotatable bonds is 4. The molecule has 6 rings (SSSR count). The summed E-state index contributed by atoms with van der Waals surface area (Å²) in [5.74, 6) is 2.35. The minimum Gasteiger partial charge on any atom is -0.507 e. The number of phenolic OH excluding ortho intramolecular Hbond substituents is 1. The van der Waals surface area contributed by atoms with E-state index in [1.807, 2.05) is 0 Å². The summed E-state index contributed by atoms with van der Waals surface area (Å²) in [6.07, 6.45) is 9.66. The lowest BCUT2D eigenvalue weighted by Crippen LogP contribution is -2.48. The van der Waals surface area contributed by atoms with Gasteiger partial charge in [0, 0.05) is 11.8 Å². The van der Waals surface area contributed by atoms with Crippen LogP contribution in [0.25, 0.3) is 0 Å². The first-order valence-corrected chi connectivity index (χ1v) is 11.1. The largest absolute Gasteiger partial charge is 0.507 e. The Balaban J connectivity index is 1.46.